The molecular weight excluding hydrogens is 549 g/mol. The van der Waals surface area contributed by atoms with Crippen LogP contribution in [0.5, 0.6) is 11.5 Å². The van der Waals surface area contributed by atoms with Crippen LogP contribution in [0, 0.1) is 17.5 Å². The van der Waals surface area contributed by atoms with Crippen LogP contribution >= 0.6 is 0 Å². The highest BCUT2D eigenvalue weighted by Crippen LogP contribution is 2.30. The van der Waals surface area contributed by atoms with Crippen LogP contribution < -0.4 is 10.1 Å². The van der Waals surface area contributed by atoms with Gasteiger partial charge in [0.15, 0.2) is 17.4 Å². The molecule has 3 amide bonds. The molecule has 0 saturated carbocycles. The fourth-order valence-electron chi connectivity index (χ4n) is 3.56. The van der Waals surface area contributed by atoms with E-state index in [9.17, 15) is 27.0 Å². The van der Waals surface area contributed by atoms with Crippen LogP contribution in [-0.2, 0) is 20.5 Å². The summed E-state index contributed by atoms with van der Waals surface area (Å²) in [7, 11) is -0.564. The molecule has 9 nitrogen and oxygen atoms in total. The van der Waals surface area contributed by atoms with E-state index in [1.165, 1.54) is 21.3 Å². The monoisotopic (exact) mass is 586 g/mol. The van der Waals surface area contributed by atoms with Crippen LogP contribution in [0.25, 0.3) is 0 Å². The standard InChI is InChI=1S/C25H31F3N4O5S.C2H6/c1-3-8-29-23(33)17-32(10-9-30(2)25(34)31-11-13-36-14-12-31)38(35)20-15-21(27)24(22(28)16-20)37-19-6-4-18(26)5-7-19;1-2/h4-7,15-16H,3,8-14,17H2,1-2H3,(H,29,33);1-2H3. The third kappa shape index (κ3) is 9.79. The van der Waals surface area contributed by atoms with Gasteiger partial charge in [-0.3, -0.25) is 4.79 Å². The van der Waals surface area contributed by atoms with Gasteiger partial charge < -0.3 is 24.6 Å². The first kappa shape index (κ1) is 33.0. The molecule has 1 fully saturated rings. The number of carbonyl (C=O) groups excluding carboxylic acids is 2. The van der Waals surface area contributed by atoms with Crippen molar-refractivity contribution in [3.05, 3.63) is 53.8 Å². The lowest BCUT2D eigenvalue weighted by atomic mass is 10.3. The predicted molar refractivity (Wildman–Crippen MR) is 146 cm³/mol. The molecule has 1 N–H and O–H groups in total. The Labute approximate surface area is 235 Å². The number of likely N-dealkylation sites (N-methyl/N-ethyl adjacent to an activating group) is 1. The molecule has 13 heteroatoms. The molecule has 0 aliphatic carbocycles. The summed E-state index contributed by atoms with van der Waals surface area (Å²) in [5, 5.41) is 2.68. The number of amides is 3. The quantitative estimate of drug-likeness (QED) is 0.427. The summed E-state index contributed by atoms with van der Waals surface area (Å²) in [6, 6.07) is 6.06. The number of nitrogens with zero attached hydrogens (tertiary/aromatic N) is 3. The minimum atomic E-state index is -2.14. The average molecular weight is 587 g/mol. The van der Waals surface area contributed by atoms with Crippen molar-refractivity contribution in [2.75, 3.05) is 59.5 Å². The Morgan fingerprint density at radius 2 is 1.65 bits per heavy atom. The van der Waals surface area contributed by atoms with E-state index in [2.05, 4.69) is 5.32 Å². The van der Waals surface area contributed by atoms with E-state index in [-0.39, 0.29) is 36.3 Å². The number of rotatable bonds is 11. The van der Waals surface area contributed by atoms with Gasteiger partial charge in [-0.2, -0.15) is 0 Å². The maximum Gasteiger partial charge on any atom is 0.319 e. The van der Waals surface area contributed by atoms with E-state index >= 15 is 0 Å². The summed E-state index contributed by atoms with van der Waals surface area (Å²) in [5.41, 5.74) is 0. The van der Waals surface area contributed by atoms with E-state index < -0.39 is 40.1 Å². The Balaban J connectivity index is 0.00000274. The van der Waals surface area contributed by atoms with Crippen LogP contribution in [0.15, 0.2) is 41.3 Å². The number of urea groups is 1. The maximum absolute atomic E-state index is 14.8. The molecule has 0 bridgehead atoms. The Hall–Kier alpha value is -3.16. The molecular formula is C27H37F3N4O5S. The number of benzene rings is 2. The molecule has 1 aliphatic heterocycles. The van der Waals surface area contributed by atoms with Crippen molar-refractivity contribution in [1.82, 2.24) is 19.4 Å². The van der Waals surface area contributed by atoms with Gasteiger partial charge in [0.1, 0.15) is 22.6 Å². The summed E-state index contributed by atoms with van der Waals surface area (Å²) >= 11 is 0. The SMILES string of the molecule is CC.CCCNC(=O)CN(CCN(C)C(=O)N1CCOCC1)S(=O)c1cc(F)c(Oc2ccc(F)cc2)c(F)c1. The van der Waals surface area contributed by atoms with Crippen molar-refractivity contribution in [1.29, 1.82) is 0 Å². The number of ether oxygens (including phenoxy) is 2. The largest absolute Gasteiger partial charge is 0.451 e. The minimum Gasteiger partial charge on any atom is -0.451 e. The van der Waals surface area contributed by atoms with E-state index in [1.54, 1.807) is 11.9 Å². The maximum atomic E-state index is 14.8. The lowest BCUT2D eigenvalue weighted by molar-refractivity contribution is -0.121. The summed E-state index contributed by atoms with van der Waals surface area (Å²) in [5.74, 6) is -3.91. The third-order valence-corrected chi connectivity index (χ3v) is 7.05. The molecule has 1 saturated heterocycles. The zero-order valence-electron chi connectivity index (χ0n) is 23.3. The molecule has 222 valence electrons. The Kier molecular flexibility index (Phi) is 13.9. The molecule has 3 rings (SSSR count). The van der Waals surface area contributed by atoms with E-state index in [0.29, 0.717) is 39.3 Å². The molecule has 2 aromatic rings. The van der Waals surface area contributed by atoms with Gasteiger partial charge in [-0.15, -0.1) is 0 Å². The molecule has 1 atom stereocenters. The van der Waals surface area contributed by atoms with Gasteiger partial charge in [-0.05, 0) is 42.8 Å². The molecule has 1 aliphatic rings. The van der Waals surface area contributed by atoms with Crippen molar-refractivity contribution >= 4 is 22.9 Å². The Morgan fingerprint density at radius 1 is 1.05 bits per heavy atom. The second-order valence-electron chi connectivity index (χ2n) is 8.54. The van der Waals surface area contributed by atoms with Gasteiger partial charge in [-0.25, -0.2) is 26.5 Å². The highest BCUT2D eigenvalue weighted by atomic mass is 32.2. The number of nitrogens with one attached hydrogen (secondary N) is 1. The number of hydrogen-bond donors (Lipinski definition) is 1. The summed E-state index contributed by atoms with van der Waals surface area (Å²) < 4.78 is 67.8. The second-order valence-corrected chi connectivity index (χ2v) is 10.0. The van der Waals surface area contributed by atoms with Crippen LogP contribution in [-0.4, -0.2) is 89.8 Å². The molecule has 0 radical (unpaired) electrons. The van der Waals surface area contributed by atoms with Crippen LogP contribution in [0.2, 0.25) is 0 Å². The lowest BCUT2D eigenvalue weighted by Crippen LogP contribution is -2.49. The van der Waals surface area contributed by atoms with Gasteiger partial charge in [0.25, 0.3) is 0 Å². The van der Waals surface area contributed by atoms with Crippen molar-refractivity contribution in [3.63, 3.8) is 0 Å². The number of carbonyl (C=O) groups is 2. The van der Waals surface area contributed by atoms with Gasteiger partial charge in [0.05, 0.1) is 24.7 Å². The predicted octanol–water partition coefficient (Wildman–Crippen LogP) is 4.16. The average Bonchev–Trinajstić information content (AvgIpc) is 2.97. The van der Waals surface area contributed by atoms with Crippen molar-refractivity contribution in [2.45, 2.75) is 32.1 Å². The smallest absolute Gasteiger partial charge is 0.319 e. The van der Waals surface area contributed by atoms with Crippen molar-refractivity contribution < 1.29 is 36.4 Å². The van der Waals surface area contributed by atoms with Crippen molar-refractivity contribution in [2.24, 2.45) is 0 Å². The summed E-state index contributed by atoms with van der Waals surface area (Å²) in [6.45, 7) is 7.85. The zero-order chi connectivity index (χ0) is 29.7. The number of morpholine rings is 1. The highest BCUT2D eigenvalue weighted by Gasteiger charge is 2.25. The molecule has 1 unspecified atom stereocenters. The Bertz CT molecular complexity index is 1110. The first-order valence-electron chi connectivity index (χ1n) is 13.1. The lowest BCUT2D eigenvalue weighted by Gasteiger charge is -2.32. The van der Waals surface area contributed by atoms with E-state index in [1.807, 2.05) is 20.8 Å². The summed E-state index contributed by atoms with van der Waals surface area (Å²) in [6.07, 6.45) is 0.692. The van der Waals surface area contributed by atoms with Crippen LogP contribution in [0.1, 0.15) is 27.2 Å². The van der Waals surface area contributed by atoms with Crippen molar-refractivity contribution in [3.8, 4) is 11.5 Å². The molecule has 2 aromatic carbocycles. The fourth-order valence-corrected chi connectivity index (χ4v) is 4.75. The number of halogens is 3. The first-order chi connectivity index (χ1) is 19.2. The first-order valence-corrected chi connectivity index (χ1v) is 14.2. The Morgan fingerprint density at radius 3 is 2.23 bits per heavy atom. The van der Waals surface area contributed by atoms with Gasteiger partial charge in [0, 0.05) is 39.8 Å². The van der Waals surface area contributed by atoms with Gasteiger partial charge in [-0.1, -0.05) is 20.8 Å². The normalized spacial score (nSPS) is 13.8. The number of hydrogen-bond acceptors (Lipinski definition) is 5. The second kappa shape index (κ2) is 16.8. The fraction of sp³-hybridized carbons (Fsp3) is 0.481. The molecule has 1 heterocycles. The zero-order valence-corrected chi connectivity index (χ0v) is 24.1. The molecule has 0 aromatic heterocycles. The van der Waals surface area contributed by atoms with Gasteiger partial charge in [0.2, 0.25) is 5.91 Å². The molecule has 0 spiro atoms. The highest BCUT2D eigenvalue weighted by molar-refractivity contribution is 7.82. The third-order valence-electron chi connectivity index (χ3n) is 5.63. The molecule has 40 heavy (non-hydrogen) atoms. The summed E-state index contributed by atoms with van der Waals surface area (Å²) in [4.78, 5) is 27.9. The minimum absolute atomic E-state index is 0.00416. The van der Waals surface area contributed by atoms with E-state index in [4.69, 9.17) is 9.47 Å². The van der Waals surface area contributed by atoms with Crippen LogP contribution in [0.3, 0.4) is 0 Å². The van der Waals surface area contributed by atoms with E-state index in [0.717, 1.165) is 24.3 Å². The van der Waals surface area contributed by atoms with Crippen LogP contribution in [0.4, 0.5) is 18.0 Å². The topological polar surface area (TPSA) is 91.4 Å². The van der Waals surface area contributed by atoms with Gasteiger partial charge >= 0.3 is 6.03 Å².